The molecule has 0 radical (unpaired) electrons. The lowest BCUT2D eigenvalue weighted by molar-refractivity contribution is -0.145. The summed E-state index contributed by atoms with van der Waals surface area (Å²) in [7, 11) is 0. The summed E-state index contributed by atoms with van der Waals surface area (Å²) in [4.78, 5) is 11.7. The van der Waals surface area contributed by atoms with Gasteiger partial charge in [-0.3, -0.25) is 0 Å². The number of rotatable bonds is 3. The van der Waals surface area contributed by atoms with E-state index in [1.54, 1.807) is 0 Å². The maximum atomic E-state index is 12.8. The lowest BCUT2D eigenvalue weighted by atomic mass is 9.53. The second-order valence-electron chi connectivity index (χ2n) is 6.89. The van der Waals surface area contributed by atoms with Gasteiger partial charge in [0.25, 0.3) is 0 Å². The molecule has 0 saturated carbocycles. The predicted molar refractivity (Wildman–Crippen MR) is 97.1 cm³/mol. The normalized spacial score (nSPS) is 21.5. The van der Waals surface area contributed by atoms with Crippen LogP contribution in [0.4, 0.5) is 4.39 Å². The Morgan fingerprint density at radius 1 is 0.808 bits per heavy atom. The Bertz CT molecular complexity index is 908. The van der Waals surface area contributed by atoms with Gasteiger partial charge in [-0.2, -0.15) is 0 Å². The third-order valence-corrected chi connectivity index (χ3v) is 5.75. The van der Waals surface area contributed by atoms with Crippen molar-refractivity contribution in [1.29, 1.82) is 0 Å². The van der Waals surface area contributed by atoms with Crippen LogP contribution < -0.4 is 0 Å². The fourth-order valence-corrected chi connectivity index (χ4v) is 4.81. The molecule has 2 nitrogen and oxygen atoms in total. The quantitative estimate of drug-likeness (QED) is 0.661. The van der Waals surface area contributed by atoms with Crippen LogP contribution in [0.5, 0.6) is 0 Å². The Labute approximate surface area is 151 Å². The monoisotopic (exact) mass is 344 g/mol. The standard InChI is InChI=1S/C23H17FO2/c24-13-21(25)26-14-23-18-10-4-1-7-15(18)22(16-8-2-5-11-19(16)23)17-9-3-6-12-20(17)23/h1-12,22H,13-14H2. The first-order valence-electron chi connectivity index (χ1n) is 8.77. The molecule has 3 aromatic carbocycles. The average molecular weight is 344 g/mol. The van der Waals surface area contributed by atoms with Gasteiger partial charge in [-0.25, -0.2) is 9.18 Å². The molecule has 0 N–H and O–H groups in total. The topological polar surface area (TPSA) is 26.3 Å². The molecule has 0 spiro atoms. The second kappa shape index (κ2) is 5.53. The predicted octanol–water partition coefficient (Wildman–Crippen LogP) is 4.34. The molecule has 3 aromatic rings. The van der Waals surface area contributed by atoms with Gasteiger partial charge in [0.15, 0.2) is 6.67 Å². The highest BCUT2D eigenvalue weighted by Gasteiger charge is 2.52. The molecule has 2 bridgehead atoms. The van der Waals surface area contributed by atoms with Gasteiger partial charge in [-0.1, -0.05) is 72.8 Å². The van der Waals surface area contributed by atoms with E-state index in [0.717, 1.165) is 16.7 Å². The summed E-state index contributed by atoms with van der Waals surface area (Å²) in [5.74, 6) is -0.642. The maximum absolute atomic E-state index is 12.8. The first-order valence-corrected chi connectivity index (χ1v) is 8.77. The summed E-state index contributed by atoms with van der Waals surface area (Å²) in [5, 5.41) is 0. The van der Waals surface area contributed by atoms with Crippen LogP contribution in [-0.2, 0) is 14.9 Å². The largest absolute Gasteiger partial charge is 0.462 e. The van der Waals surface area contributed by atoms with Crippen molar-refractivity contribution in [3.05, 3.63) is 106 Å². The molecule has 0 aromatic heterocycles. The SMILES string of the molecule is O=C(CF)OCC12c3ccccc3C(c3ccccc31)c1ccccc12. The molecule has 3 heteroatoms. The molecule has 0 atom stereocenters. The van der Waals surface area contributed by atoms with Crippen molar-refractivity contribution in [1.82, 2.24) is 0 Å². The molecule has 0 saturated heterocycles. The molecular formula is C23H17FO2. The Hall–Kier alpha value is -2.94. The fraction of sp³-hybridized carbons (Fsp3) is 0.174. The van der Waals surface area contributed by atoms with Gasteiger partial charge in [0.2, 0.25) is 0 Å². The van der Waals surface area contributed by atoms with E-state index in [1.165, 1.54) is 16.7 Å². The van der Waals surface area contributed by atoms with E-state index < -0.39 is 18.1 Å². The van der Waals surface area contributed by atoms with Crippen LogP contribution in [0.2, 0.25) is 0 Å². The summed E-state index contributed by atoms with van der Waals surface area (Å²) < 4.78 is 18.2. The lowest BCUT2D eigenvalue weighted by Gasteiger charge is -2.50. The van der Waals surface area contributed by atoms with Crippen LogP contribution in [0.15, 0.2) is 72.8 Å². The molecular weight excluding hydrogens is 327 g/mol. The summed E-state index contributed by atoms with van der Waals surface area (Å²) in [6, 6.07) is 25.0. The number of carbonyl (C=O) groups excluding carboxylic acids is 1. The number of esters is 1. The van der Waals surface area contributed by atoms with E-state index in [9.17, 15) is 9.18 Å². The first kappa shape index (κ1) is 15.3. The van der Waals surface area contributed by atoms with E-state index in [1.807, 2.05) is 36.4 Å². The number of halogens is 1. The summed E-state index contributed by atoms with van der Waals surface area (Å²) >= 11 is 0. The van der Waals surface area contributed by atoms with Gasteiger partial charge in [-0.15, -0.1) is 0 Å². The van der Waals surface area contributed by atoms with E-state index in [0.29, 0.717) is 0 Å². The van der Waals surface area contributed by atoms with Crippen molar-refractivity contribution in [3.63, 3.8) is 0 Å². The summed E-state index contributed by atoms with van der Waals surface area (Å²) in [6.07, 6.45) is 0. The van der Waals surface area contributed by atoms with Crippen LogP contribution in [-0.4, -0.2) is 19.3 Å². The van der Waals surface area contributed by atoms with Crippen LogP contribution >= 0.6 is 0 Å². The van der Waals surface area contributed by atoms with Gasteiger partial charge in [0, 0.05) is 5.92 Å². The van der Waals surface area contributed by atoms with Gasteiger partial charge >= 0.3 is 5.97 Å². The van der Waals surface area contributed by atoms with Gasteiger partial charge in [-0.05, 0) is 33.4 Å². The molecule has 0 unspecified atom stereocenters. The third kappa shape index (κ3) is 1.83. The minimum atomic E-state index is -1.11. The lowest BCUT2D eigenvalue weighted by Crippen LogP contribution is -2.45. The zero-order valence-electron chi connectivity index (χ0n) is 14.1. The molecule has 128 valence electrons. The van der Waals surface area contributed by atoms with Crippen LogP contribution in [0, 0.1) is 0 Å². The number of ether oxygens (including phenoxy) is 1. The highest BCUT2D eigenvalue weighted by molar-refractivity contribution is 5.74. The van der Waals surface area contributed by atoms with Crippen molar-refractivity contribution < 1.29 is 13.9 Å². The van der Waals surface area contributed by atoms with Crippen molar-refractivity contribution in [2.24, 2.45) is 0 Å². The maximum Gasteiger partial charge on any atom is 0.337 e. The minimum absolute atomic E-state index is 0.105. The average Bonchev–Trinajstić information content (AvgIpc) is 2.72. The molecule has 6 rings (SSSR count). The molecule has 0 heterocycles. The minimum Gasteiger partial charge on any atom is -0.462 e. The number of hydrogen-bond acceptors (Lipinski definition) is 2. The molecule has 26 heavy (non-hydrogen) atoms. The zero-order valence-corrected chi connectivity index (χ0v) is 14.1. The Kier molecular flexibility index (Phi) is 3.26. The first-order chi connectivity index (χ1) is 12.8. The Morgan fingerprint density at radius 3 is 1.65 bits per heavy atom. The van der Waals surface area contributed by atoms with E-state index in [-0.39, 0.29) is 12.5 Å². The zero-order chi connectivity index (χ0) is 17.7. The van der Waals surface area contributed by atoms with Crippen LogP contribution in [0.3, 0.4) is 0 Å². The Morgan fingerprint density at radius 2 is 1.23 bits per heavy atom. The van der Waals surface area contributed by atoms with E-state index >= 15 is 0 Å². The smallest absolute Gasteiger partial charge is 0.337 e. The van der Waals surface area contributed by atoms with Gasteiger partial charge < -0.3 is 4.74 Å². The molecule has 0 fully saturated rings. The van der Waals surface area contributed by atoms with E-state index in [4.69, 9.17) is 4.74 Å². The second-order valence-corrected chi connectivity index (χ2v) is 6.89. The molecule has 0 amide bonds. The number of benzene rings is 3. The highest BCUT2D eigenvalue weighted by Crippen LogP contribution is 2.58. The summed E-state index contributed by atoms with van der Waals surface area (Å²) in [5.41, 5.74) is 6.56. The van der Waals surface area contributed by atoms with Crippen molar-refractivity contribution in [2.45, 2.75) is 11.3 Å². The Balaban J connectivity index is 1.84. The van der Waals surface area contributed by atoms with Gasteiger partial charge in [0.1, 0.15) is 6.61 Å². The number of alkyl halides is 1. The van der Waals surface area contributed by atoms with Crippen molar-refractivity contribution >= 4 is 5.97 Å². The molecule has 0 aliphatic heterocycles. The number of carbonyl (C=O) groups is 1. The highest BCUT2D eigenvalue weighted by atomic mass is 19.1. The summed E-state index contributed by atoms with van der Waals surface area (Å²) in [6.45, 7) is -1.00. The van der Waals surface area contributed by atoms with Crippen molar-refractivity contribution in [3.8, 4) is 0 Å². The van der Waals surface area contributed by atoms with Crippen molar-refractivity contribution in [2.75, 3.05) is 13.3 Å². The van der Waals surface area contributed by atoms with E-state index in [2.05, 4.69) is 36.4 Å². The third-order valence-electron chi connectivity index (χ3n) is 5.75. The number of hydrogen-bond donors (Lipinski definition) is 0. The molecule has 3 aliphatic rings. The van der Waals surface area contributed by atoms with Crippen LogP contribution in [0.25, 0.3) is 0 Å². The van der Waals surface area contributed by atoms with Gasteiger partial charge in [0.05, 0.1) is 5.41 Å². The fourth-order valence-electron chi connectivity index (χ4n) is 4.81. The van der Waals surface area contributed by atoms with Crippen LogP contribution in [0.1, 0.15) is 39.3 Å². The molecule has 3 aliphatic carbocycles.